The fraction of sp³-hybridized carbons (Fsp3) is 0.543. The van der Waals surface area contributed by atoms with E-state index < -0.39 is 23.7 Å². The molecule has 1 aromatic carbocycles. The first-order valence-electron chi connectivity index (χ1n) is 16.9. The van der Waals surface area contributed by atoms with Crippen molar-refractivity contribution in [2.75, 3.05) is 37.6 Å². The molecule has 256 valence electrons. The molecule has 0 saturated carbocycles. The van der Waals surface area contributed by atoms with Crippen molar-refractivity contribution >= 4 is 28.8 Å². The predicted molar refractivity (Wildman–Crippen MR) is 185 cm³/mol. The molecule has 3 atom stereocenters. The van der Waals surface area contributed by atoms with E-state index in [4.69, 9.17) is 0 Å². The van der Waals surface area contributed by atoms with Gasteiger partial charge in [0.05, 0.1) is 46.6 Å². The van der Waals surface area contributed by atoms with E-state index in [9.17, 15) is 19.6 Å². The van der Waals surface area contributed by atoms with Gasteiger partial charge in [0, 0.05) is 56.1 Å². The number of pyridine rings is 1. The number of carbonyl (C=O) groups is 2. The minimum absolute atomic E-state index is 0.0262. The summed E-state index contributed by atoms with van der Waals surface area (Å²) >= 11 is 1.59. The van der Waals surface area contributed by atoms with E-state index in [2.05, 4.69) is 37.0 Å². The van der Waals surface area contributed by atoms with Crippen LogP contribution in [0.15, 0.2) is 48.2 Å². The molecule has 6 rings (SSSR count). The summed E-state index contributed by atoms with van der Waals surface area (Å²) in [5, 5.41) is 17.0. The predicted octanol–water partition coefficient (Wildman–Crippen LogP) is 3.35. The van der Waals surface area contributed by atoms with Crippen LogP contribution in [-0.4, -0.2) is 87.7 Å². The van der Waals surface area contributed by atoms with E-state index >= 15 is 0 Å². The van der Waals surface area contributed by atoms with Gasteiger partial charge in [-0.15, -0.1) is 16.8 Å². The normalized spacial score (nSPS) is 21.1. The van der Waals surface area contributed by atoms with Gasteiger partial charge in [0.1, 0.15) is 10.9 Å². The second-order valence-corrected chi connectivity index (χ2v) is 15.2. The summed E-state index contributed by atoms with van der Waals surface area (Å²) in [5.74, 6) is -0.269. The van der Waals surface area contributed by atoms with Gasteiger partial charge in [-0.3, -0.25) is 19.5 Å². The quantitative estimate of drug-likeness (QED) is 0.188. The fourth-order valence-corrected chi connectivity index (χ4v) is 7.66. The molecule has 3 aliphatic heterocycles. The van der Waals surface area contributed by atoms with Gasteiger partial charge in [-0.25, -0.2) is 4.98 Å². The number of aliphatic hydroxyl groups is 1. The summed E-state index contributed by atoms with van der Waals surface area (Å²) < 4.78 is 0. The standard InChI is InChI=1S/C35H46N8O4S/c1-22-31(48-21-38-22)24-7-5-23(6-8-24)16-39-43(47)30-15-27(44)20-42(30)34(46)32(35(2,3)4)40-33(45)25-10-13-41(14-11-25)29-9-12-36-19-28(29)26-17-37-18-26/h5-9,12,19,21,25-27,30,32,37,44H,10-11,13-18,20H2,1-4H3,(H-,39,40,45,47)/p+1/t27-,30-,32-/m1/s1. The van der Waals surface area contributed by atoms with E-state index in [1.54, 1.807) is 11.3 Å². The third-order valence-corrected chi connectivity index (χ3v) is 10.8. The van der Waals surface area contributed by atoms with Gasteiger partial charge in [-0.05, 0) is 47.9 Å². The lowest BCUT2D eigenvalue weighted by Gasteiger charge is -2.38. The Morgan fingerprint density at radius 1 is 1.15 bits per heavy atom. The fourth-order valence-electron chi connectivity index (χ4n) is 6.85. The van der Waals surface area contributed by atoms with E-state index in [1.165, 1.54) is 16.2 Å². The number of nitroso groups, excluding NO2 is 1. The number of β-amino-alcohol motifs (C(OH)–C–C–N with tert-alkyl or cyclic N) is 1. The minimum Gasteiger partial charge on any atom is -0.391 e. The molecule has 48 heavy (non-hydrogen) atoms. The van der Waals surface area contributed by atoms with E-state index in [0.29, 0.717) is 23.6 Å². The number of aliphatic hydroxyl groups excluding tert-OH is 1. The molecule has 4 N–H and O–H groups in total. The molecular formula is C35H47N8O4S+. The molecule has 3 saturated heterocycles. The van der Waals surface area contributed by atoms with E-state index in [-0.39, 0.29) is 37.2 Å². The number of amides is 2. The molecule has 3 fully saturated rings. The summed E-state index contributed by atoms with van der Waals surface area (Å²) in [4.78, 5) is 55.3. The third-order valence-electron chi connectivity index (χ3n) is 9.86. The number of aryl methyl sites for hydroxylation is 1. The van der Waals surface area contributed by atoms with Crippen molar-refractivity contribution in [3.63, 3.8) is 0 Å². The second-order valence-electron chi connectivity index (χ2n) is 14.3. The Hall–Kier alpha value is -3.94. The van der Waals surface area contributed by atoms with Crippen LogP contribution in [-0.2, 0) is 16.1 Å². The summed E-state index contributed by atoms with van der Waals surface area (Å²) in [7, 11) is 0. The lowest BCUT2D eigenvalue weighted by molar-refractivity contribution is -0.657. The van der Waals surface area contributed by atoms with Crippen molar-refractivity contribution < 1.29 is 19.6 Å². The molecular weight excluding hydrogens is 629 g/mol. The van der Waals surface area contributed by atoms with Gasteiger partial charge < -0.3 is 20.6 Å². The Morgan fingerprint density at radius 3 is 2.50 bits per heavy atom. The molecule has 12 nitrogen and oxygen atoms in total. The van der Waals surface area contributed by atoms with Crippen molar-refractivity contribution in [2.45, 2.75) is 77.7 Å². The van der Waals surface area contributed by atoms with Crippen LogP contribution in [0, 0.1) is 23.2 Å². The summed E-state index contributed by atoms with van der Waals surface area (Å²) in [5.41, 5.74) is 9.48. The highest BCUT2D eigenvalue weighted by Crippen LogP contribution is 2.33. The molecule has 0 spiro atoms. The Morgan fingerprint density at radius 2 is 1.88 bits per heavy atom. The van der Waals surface area contributed by atoms with Gasteiger partial charge in [0.15, 0.2) is 0 Å². The number of hydrogen-bond acceptors (Lipinski definition) is 9. The molecule has 5 heterocycles. The van der Waals surface area contributed by atoms with Crippen LogP contribution in [0.3, 0.4) is 0 Å². The molecule has 0 aliphatic carbocycles. The van der Waals surface area contributed by atoms with Crippen molar-refractivity contribution in [1.29, 1.82) is 0 Å². The van der Waals surface area contributed by atoms with Gasteiger partial charge in [-0.1, -0.05) is 45.0 Å². The van der Waals surface area contributed by atoms with Crippen LogP contribution in [0.5, 0.6) is 0 Å². The lowest BCUT2D eigenvalue weighted by atomic mass is 9.84. The Labute approximate surface area is 285 Å². The zero-order chi connectivity index (χ0) is 34.0. The number of benzene rings is 1. The molecule has 2 amide bonds. The van der Waals surface area contributed by atoms with Crippen molar-refractivity contribution in [3.8, 4) is 10.4 Å². The van der Waals surface area contributed by atoms with E-state index in [0.717, 1.165) is 47.9 Å². The first-order chi connectivity index (χ1) is 23.0. The van der Waals surface area contributed by atoms with Gasteiger partial charge in [0.25, 0.3) is 5.91 Å². The number of carbonyl (C=O) groups excluding carboxylic acids is 2. The highest BCUT2D eigenvalue weighted by molar-refractivity contribution is 7.13. The second kappa shape index (κ2) is 14.3. The highest BCUT2D eigenvalue weighted by atomic mass is 32.1. The van der Waals surface area contributed by atoms with Crippen molar-refractivity contribution in [3.05, 3.63) is 70.0 Å². The molecule has 3 aromatic rings. The number of rotatable bonds is 10. The number of hydrogen-bond donors (Lipinski definition) is 4. The number of hydrazine groups is 1. The molecule has 2 aromatic heterocycles. The highest BCUT2D eigenvalue weighted by Gasteiger charge is 2.49. The maximum Gasteiger partial charge on any atom is 0.313 e. The van der Waals surface area contributed by atoms with Crippen LogP contribution in [0.25, 0.3) is 10.4 Å². The molecule has 0 unspecified atom stereocenters. The summed E-state index contributed by atoms with van der Waals surface area (Å²) in [6.07, 6.45) is 3.51. The maximum absolute atomic E-state index is 14.1. The molecule has 0 bridgehead atoms. The number of thiazole rings is 1. The first-order valence-corrected chi connectivity index (χ1v) is 17.7. The topological polar surface area (TPSA) is 143 Å². The lowest BCUT2D eigenvalue weighted by Crippen LogP contribution is -2.59. The van der Waals surface area contributed by atoms with E-state index in [1.807, 2.05) is 69.9 Å². The number of nitrogens with one attached hydrogen (secondary N) is 3. The largest absolute Gasteiger partial charge is 0.391 e. The zero-order valence-corrected chi connectivity index (χ0v) is 29.0. The van der Waals surface area contributed by atoms with Crippen molar-refractivity contribution in [1.82, 2.24) is 30.9 Å². The van der Waals surface area contributed by atoms with Crippen LogP contribution < -0.4 is 21.0 Å². The first kappa shape index (κ1) is 33.9. The Bertz CT molecular complexity index is 1610. The summed E-state index contributed by atoms with van der Waals surface area (Å²) in [6.45, 7) is 11.4. The molecule has 13 heteroatoms. The number of aromatic nitrogens is 2. The van der Waals surface area contributed by atoms with Gasteiger partial charge in [-0.2, -0.15) is 0 Å². The molecule has 3 aliphatic rings. The van der Waals surface area contributed by atoms with Gasteiger partial charge >= 0.3 is 6.17 Å². The van der Waals surface area contributed by atoms with Crippen LogP contribution in [0.1, 0.15) is 62.8 Å². The number of anilines is 1. The van der Waals surface area contributed by atoms with Crippen LogP contribution in [0.2, 0.25) is 0 Å². The van der Waals surface area contributed by atoms with Crippen LogP contribution >= 0.6 is 11.3 Å². The van der Waals surface area contributed by atoms with Crippen molar-refractivity contribution in [2.24, 2.45) is 11.3 Å². The SMILES string of the molecule is Cc1ncsc1-c1ccc(CN[N+](=O)[C@@H]2C[C@@H](O)CN2C(=O)[C@@H](NC(=O)C2CCN(c3ccncc3C3CNC3)CC2)C(C)(C)C)cc1. The number of likely N-dealkylation sites (tertiary alicyclic amines) is 1. The average Bonchev–Trinajstić information content (AvgIpc) is 3.66. The summed E-state index contributed by atoms with van der Waals surface area (Å²) in [6, 6.07) is 9.14. The minimum atomic E-state index is -0.906. The number of piperidine rings is 1. The molecule has 0 radical (unpaired) electrons. The monoisotopic (exact) mass is 675 g/mol. The van der Waals surface area contributed by atoms with Crippen LogP contribution in [0.4, 0.5) is 5.69 Å². The Balaban J connectivity index is 1.06. The number of nitrogens with zero attached hydrogens (tertiary/aromatic N) is 5. The zero-order valence-electron chi connectivity index (χ0n) is 28.2. The Kier molecular flexibility index (Phi) is 10.1. The average molecular weight is 676 g/mol. The van der Waals surface area contributed by atoms with Gasteiger partial charge in [0.2, 0.25) is 5.91 Å². The smallest absolute Gasteiger partial charge is 0.313 e. The maximum atomic E-state index is 14.1. The third kappa shape index (κ3) is 7.37.